The van der Waals surface area contributed by atoms with Crippen LogP contribution in [0, 0.1) is 13.8 Å². The summed E-state index contributed by atoms with van der Waals surface area (Å²) >= 11 is 0. The lowest BCUT2D eigenvalue weighted by Crippen LogP contribution is -2.25. The molecule has 1 N–H and O–H groups in total. The fraction of sp³-hybridized carbons (Fsp3) is 0.182. The van der Waals surface area contributed by atoms with E-state index in [2.05, 4.69) is 10.3 Å². The number of aryl methyl sites for hydroxylation is 2. The van der Waals surface area contributed by atoms with Gasteiger partial charge in [-0.1, -0.05) is 36.4 Å². The Bertz CT molecular complexity index is 947. The van der Waals surface area contributed by atoms with Crippen LogP contribution in [-0.2, 0) is 4.79 Å². The van der Waals surface area contributed by atoms with Crippen LogP contribution in [0.3, 0.4) is 0 Å². The van der Waals surface area contributed by atoms with Gasteiger partial charge in [-0.15, -0.1) is 0 Å². The maximum atomic E-state index is 14.1. The Balaban J connectivity index is 1.59. The summed E-state index contributed by atoms with van der Waals surface area (Å²) in [6.07, 6.45) is 5.67. The second kappa shape index (κ2) is 8.45. The van der Waals surface area contributed by atoms with Gasteiger partial charge in [-0.3, -0.25) is 4.79 Å². The van der Waals surface area contributed by atoms with E-state index in [-0.39, 0.29) is 12.5 Å². The van der Waals surface area contributed by atoms with Crippen molar-refractivity contribution in [3.05, 3.63) is 89.5 Å². The monoisotopic (exact) mass is 363 g/mol. The first kappa shape index (κ1) is 18.6. The van der Waals surface area contributed by atoms with Crippen LogP contribution in [0.4, 0.5) is 4.39 Å². The molecular weight excluding hydrogens is 341 g/mol. The normalized spacial score (nSPS) is 12.3. The van der Waals surface area contributed by atoms with Gasteiger partial charge < -0.3 is 9.88 Å². The van der Waals surface area contributed by atoms with E-state index in [4.69, 9.17) is 0 Å². The minimum absolute atomic E-state index is 0.0505. The molecule has 27 heavy (non-hydrogen) atoms. The molecule has 0 aliphatic carbocycles. The van der Waals surface area contributed by atoms with Crippen LogP contribution >= 0.6 is 0 Å². The number of nitrogens with one attached hydrogen (secondary N) is 1. The topological polar surface area (TPSA) is 46.9 Å². The number of hydrogen-bond acceptors (Lipinski definition) is 2. The molecule has 3 rings (SSSR count). The summed E-state index contributed by atoms with van der Waals surface area (Å²) in [6, 6.07) is 14.7. The van der Waals surface area contributed by atoms with Crippen molar-refractivity contribution in [2.75, 3.05) is 6.54 Å². The predicted molar refractivity (Wildman–Crippen MR) is 105 cm³/mol. The number of carbonyl (C=O) groups excluding carboxylic acids is 1. The van der Waals surface area contributed by atoms with Crippen molar-refractivity contribution in [3.8, 4) is 5.69 Å². The zero-order valence-electron chi connectivity index (χ0n) is 15.4. The Hall–Kier alpha value is -3.21. The predicted octanol–water partition coefficient (Wildman–Crippen LogP) is 4.33. The zero-order valence-corrected chi connectivity index (χ0v) is 15.4. The van der Waals surface area contributed by atoms with E-state index in [9.17, 15) is 9.18 Å². The molecule has 0 saturated carbocycles. The maximum Gasteiger partial charge on any atom is 0.244 e. The van der Waals surface area contributed by atoms with Crippen LogP contribution in [0.15, 0.2) is 67.1 Å². The smallest absolute Gasteiger partial charge is 0.244 e. The average Bonchev–Trinajstić information content (AvgIpc) is 3.11. The fourth-order valence-corrected chi connectivity index (χ4v) is 2.83. The summed E-state index contributed by atoms with van der Waals surface area (Å²) in [4.78, 5) is 16.2. The molecule has 0 unspecified atom stereocenters. The quantitative estimate of drug-likeness (QED) is 0.663. The van der Waals surface area contributed by atoms with E-state index in [0.717, 1.165) is 22.5 Å². The molecular formula is C22H22FN3O. The highest BCUT2D eigenvalue weighted by Gasteiger charge is 2.09. The van der Waals surface area contributed by atoms with Crippen molar-refractivity contribution >= 4 is 12.0 Å². The largest absolute Gasteiger partial charge is 0.349 e. The highest BCUT2D eigenvalue weighted by Crippen LogP contribution is 2.18. The lowest BCUT2D eigenvalue weighted by Gasteiger charge is -2.09. The molecule has 0 aliphatic heterocycles. The summed E-state index contributed by atoms with van der Waals surface area (Å²) < 4.78 is 16.0. The van der Waals surface area contributed by atoms with E-state index >= 15 is 0 Å². The number of nitrogens with zero attached hydrogens (tertiary/aromatic N) is 2. The second-order valence-electron chi connectivity index (χ2n) is 6.42. The van der Waals surface area contributed by atoms with Gasteiger partial charge in [-0.05, 0) is 48.7 Å². The van der Waals surface area contributed by atoms with Crippen molar-refractivity contribution < 1.29 is 9.18 Å². The van der Waals surface area contributed by atoms with Gasteiger partial charge in [-0.25, -0.2) is 9.37 Å². The van der Waals surface area contributed by atoms with Gasteiger partial charge in [0.2, 0.25) is 5.91 Å². The molecule has 0 aliphatic rings. The van der Waals surface area contributed by atoms with Gasteiger partial charge >= 0.3 is 0 Å². The maximum absolute atomic E-state index is 14.1. The van der Waals surface area contributed by atoms with Crippen LogP contribution in [0.5, 0.6) is 0 Å². The fourth-order valence-electron chi connectivity index (χ4n) is 2.83. The molecule has 1 aromatic heterocycles. The Labute approximate surface area is 158 Å². The van der Waals surface area contributed by atoms with Crippen LogP contribution < -0.4 is 5.32 Å². The molecule has 0 fully saturated rings. The number of amides is 1. The molecule has 0 bridgehead atoms. The van der Waals surface area contributed by atoms with Gasteiger partial charge in [0.1, 0.15) is 6.17 Å². The van der Waals surface area contributed by atoms with Crippen LogP contribution in [-0.4, -0.2) is 22.0 Å². The number of halogens is 1. The molecule has 0 radical (unpaired) electrons. The van der Waals surface area contributed by atoms with Gasteiger partial charge in [0.05, 0.1) is 18.6 Å². The summed E-state index contributed by atoms with van der Waals surface area (Å²) in [5.41, 5.74) is 4.53. The van der Waals surface area contributed by atoms with E-state index in [1.807, 2.05) is 48.9 Å². The number of benzene rings is 2. The molecule has 1 heterocycles. The van der Waals surface area contributed by atoms with Crippen LogP contribution in [0.25, 0.3) is 11.8 Å². The van der Waals surface area contributed by atoms with Gasteiger partial charge in [0.25, 0.3) is 0 Å². The van der Waals surface area contributed by atoms with Gasteiger partial charge in [0, 0.05) is 18.0 Å². The summed E-state index contributed by atoms with van der Waals surface area (Å²) in [6.45, 7) is 3.90. The van der Waals surface area contributed by atoms with Crippen molar-refractivity contribution in [1.82, 2.24) is 14.9 Å². The minimum Gasteiger partial charge on any atom is -0.349 e. The van der Waals surface area contributed by atoms with Crippen LogP contribution in [0.1, 0.15) is 28.6 Å². The number of imidazole rings is 1. The Morgan fingerprint density at radius 3 is 2.67 bits per heavy atom. The van der Waals surface area contributed by atoms with Gasteiger partial charge in [0.15, 0.2) is 0 Å². The van der Waals surface area contributed by atoms with E-state index in [0.29, 0.717) is 5.56 Å². The summed E-state index contributed by atoms with van der Waals surface area (Å²) in [7, 11) is 0. The third-order valence-electron chi connectivity index (χ3n) is 4.25. The number of alkyl halides is 1. The Kier molecular flexibility index (Phi) is 5.81. The van der Waals surface area contributed by atoms with Gasteiger partial charge in [-0.2, -0.15) is 0 Å². The lowest BCUT2D eigenvalue weighted by atomic mass is 10.1. The molecule has 0 spiro atoms. The number of hydrogen-bond donors (Lipinski definition) is 1. The molecule has 5 heteroatoms. The molecule has 0 saturated heterocycles. The highest BCUT2D eigenvalue weighted by molar-refractivity contribution is 5.91. The molecule has 2 aromatic carbocycles. The average molecular weight is 363 g/mol. The first-order chi connectivity index (χ1) is 13.0. The van der Waals surface area contributed by atoms with Crippen molar-refractivity contribution in [3.63, 3.8) is 0 Å². The Morgan fingerprint density at radius 1 is 1.22 bits per heavy atom. The van der Waals surface area contributed by atoms with E-state index < -0.39 is 6.17 Å². The zero-order chi connectivity index (χ0) is 19.2. The SMILES string of the molecule is Cc1cn(-c2ccc(/C=C/C(=O)NC[C@H](F)c3ccccc3)cc2C)cn1. The second-order valence-corrected chi connectivity index (χ2v) is 6.42. The van der Waals surface area contributed by atoms with Crippen molar-refractivity contribution in [1.29, 1.82) is 0 Å². The van der Waals surface area contributed by atoms with Crippen molar-refractivity contribution in [2.45, 2.75) is 20.0 Å². The first-order valence-corrected chi connectivity index (χ1v) is 8.79. The Morgan fingerprint density at radius 2 is 2.00 bits per heavy atom. The minimum atomic E-state index is -1.22. The third-order valence-corrected chi connectivity index (χ3v) is 4.25. The molecule has 1 atom stereocenters. The number of rotatable bonds is 6. The standard InChI is InChI=1S/C22H22FN3O/c1-16-12-18(8-10-21(16)26-14-17(2)25-15-26)9-11-22(27)24-13-20(23)19-6-4-3-5-7-19/h3-12,14-15,20H,13H2,1-2H3,(H,24,27)/b11-9+/t20-/m0/s1. The van der Waals surface area contributed by atoms with E-state index in [1.165, 1.54) is 6.08 Å². The summed E-state index contributed by atoms with van der Waals surface area (Å²) in [5.74, 6) is -0.319. The summed E-state index contributed by atoms with van der Waals surface area (Å²) in [5, 5.41) is 2.59. The number of aromatic nitrogens is 2. The molecule has 1 amide bonds. The van der Waals surface area contributed by atoms with Crippen LogP contribution in [0.2, 0.25) is 0 Å². The first-order valence-electron chi connectivity index (χ1n) is 8.79. The number of carbonyl (C=O) groups is 1. The molecule has 138 valence electrons. The highest BCUT2D eigenvalue weighted by atomic mass is 19.1. The molecule has 4 nitrogen and oxygen atoms in total. The van der Waals surface area contributed by atoms with Crippen molar-refractivity contribution in [2.24, 2.45) is 0 Å². The van der Waals surface area contributed by atoms with E-state index in [1.54, 1.807) is 36.7 Å². The lowest BCUT2D eigenvalue weighted by molar-refractivity contribution is -0.116. The molecule has 3 aromatic rings. The third kappa shape index (κ3) is 4.91.